The Hall–Kier alpha value is -2.50. The Morgan fingerprint density at radius 2 is 1.87 bits per heavy atom. The zero-order valence-corrected chi connectivity index (χ0v) is 22.5. The molecule has 0 N–H and O–H groups in total. The van der Waals surface area contributed by atoms with E-state index < -0.39 is 17.6 Å². The molecular weight excluding hydrogens is 530 g/mol. The molecule has 4 atom stereocenters. The largest absolute Gasteiger partial charge is 0.453 e. The number of thioether (sulfide) groups is 1. The minimum absolute atomic E-state index is 0.00621. The van der Waals surface area contributed by atoms with E-state index in [0.29, 0.717) is 12.5 Å². The first-order chi connectivity index (χ1) is 18.8. The molecule has 3 aromatic rings. The molecule has 39 heavy (non-hydrogen) atoms. The van der Waals surface area contributed by atoms with Crippen molar-refractivity contribution in [3.8, 4) is 5.69 Å². The maximum atomic E-state index is 13.9. The Morgan fingerprint density at radius 1 is 1.10 bits per heavy atom. The van der Waals surface area contributed by atoms with Crippen LogP contribution >= 0.6 is 11.8 Å². The fraction of sp³-hybridized carbons (Fsp3) is 0.536. The maximum absolute atomic E-state index is 13.9. The minimum atomic E-state index is -4.67. The second kappa shape index (κ2) is 10.5. The normalized spacial score (nSPS) is 27.7. The summed E-state index contributed by atoms with van der Waals surface area (Å²) >= 11 is 1.56. The van der Waals surface area contributed by atoms with Crippen molar-refractivity contribution in [1.29, 1.82) is 0 Å². The molecule has 208 valence electrons. The van der Waals surface area contributed by atoms with E-state index in [4.69, 9.17) is 4.74 Å². The van der Waals surface area contributed by atoms with Crippen LogP contribution in [0, 0.1) is 11.7 Å². The van der Waals surface area contributed by atoms with Crippen molar-refractivity contribution in [3.05, 3.63) is 65.2 Å². The summed E-state index contributed by atoms with van der Waals surface area (Å²) in [5.74, 6) is -0.877. The molecule has 1 spiro atoms. The van der Waals surface area contributed by atoms with Gasteiger partial charge in [-0.25, -0.2) is 4.39 Å². The lowest BCUT2D eigenvalue weighted by Crippen LogP contribution is -2.36. The van der Waals surface area contributed by atoms with Crippen LogP contribution in [0.2, 0.25) is 0 Å². The van der Waals surface area contributed by atoms with Crippen molar-refractivity contribution in [1.82, 2.24) is 25.1 Å². The molecule has 6 nitrogen and oxygen atoms in total. The standard InChI is InChI=1S/C28H31F4N5OS/c1-39-24-9-8-22(37-26(28(30,31)32)33-34-35-37)14-23(24)20-15-27(38-17-20)11-10-19(16-36-12-2-3-13-36)25(27)18-4-6-21(29)7-5-18/h4-9,14,19-20,25H,2-3,10-13,15-17H2,1H3/t19-,20-,25-,27-/m1/s1. The topological polar surface area (TPSA) is 56.1 Å². The van der Waals surface area contributed by atoms with Crippen LogP contribution < -0.4 is 0 Å². The van der Waals surface area contributed by atoms with Gasteiger partial charge in [-0.05, 0) is 109 Å². The number of nitrogens with zero attached hydrogens (tertiary/aromatic N) is 5. The van der Waals surface area contributed by atoms with Crippen molar-refractivity contribution in [2.45, 2.75) is 60.6 Å². The van der Waals surface area contributed by atoms with E-state index in [1.54, 1.807) is 23.9 Å². The van der Waals surface area contributed by atoms with Gasteiger partial charge in [0, 0.05) is 23.3 Å². The SMILES string of the molecule is CSc1ccc(-n2nnnc2C(F)(F)F)cc1[C@H]1CO[C@]2(CC[C@H](CN3CCCC3)[C@H]2c2ccc(F)cc2)C1. The van der Waals surface area contributed by atoms with Gasteiger partial charge in [0.25, 0.3) is 5.82 Å². The quantitative estimate of drug-likeness (QED) is 0.269. The summed E-state index contributed by atoms with van der Waals surface area (Å²) in [4.78, 5) is 3.53. The van der Waals surface area contributed by atoms with E-state index in [1.807, 2.05) is 24.5 Å². The van der Waals surface area contributed by atoms with Crippen LogP contribution in [0.25, 0.3) is 5.69 Å². The van der Waals surface area contributed by atoms with Crippen LogP contribution in [0.5, 0.6) is 0 Å². The molecule has 2 aliphatic heterocycles. The monoisotopic (exact) mass is 561 g/mol. The van der Waals surface area contributed by atoms with Gasteiger partial charge >= 0.3 is 6.18 Å². The Balaban J connectivity index is 1.32. The molecule has 3 fully saturated rings. The Labute approximate surface area is 229 Å². The molecule has 11 heteroatoms. The molecule has 0 unspecified atom stereocenters. The first-order valence-corrected chi connectivity index (χ1v) is 14.7. The van der Waals surface area contributed by atoms with Gasteiger partial charge in [0.2, 0.25) is 0 Å². The van der Waals surface area contributed by atoms with Gasteiger partial charge in [-0.1, -0.05) is 12.1 Å². The molecule has 2 saturated heterocycles. The number of benzene rings is 2. The summed E-state index contributed by atoms with van der Waals surface area (Å²) in [6.45, 7) is 3.71. The average molecular weight is 562 g/mol. The average Bonchev–Trinajstić information content (AvgIpc) is 3.73. The number of tetrazole rings is 1. The van der Waals surface area contributed by atoms with Gasteiger partial charge in [0.05, 0.1) is 17.9 Å². The smallest absolute Gasteiger partial charge is 0.374 e. The van der Waals surface area contributed by atoms with Crippen LogP contribution in [-0.2, 0) is 10.9 Å². The van der Waals surface area contributed by atoms with Crippen LogP contribution in [0.4, 0.5) is 17.6 Å². The molecule has 2 aromatic carbocycles. The van der Waals surface area contributed by atoms with Crippen LogP contribution in [-0.4, -0.2) is 63.2 Å². The Bertz CT molecular complexity index is 1310. The number of likely N-dealkylation sites (tertiary alicyclic amines) is 1. The van der Waals surface area contributed by atoms with Gasteiger partial charge < -0.3 is 9.64 Å². The first kappa shape index (κ1) is 26.7. The fourth-order valence-corrected chi connectivity index (χ4v) is 7.69. The summed E-state index contributed by atoms with van der Waals surface area (Å²) in [6.07, 6.45) is 2.43. The second-order valence-corrected chi connectivity index (χ2v) is 11.8. The van der Waals surface area contributed by atoms with E-state index in [2.05, 4.69) is 20.4 Å². The third kappa shape index (κ3) is 5.09. The number of rotatable bonds is 6. The second-order valence-electron chi connectivity index (χ2n) is 11.0. The highest BCUT2D eigenvalue weighted by atomic mass is 32.2. The van der Waals surface area contributed by atoms with Crippen molar-refractivity contribution in [3.63, 3.8) is 0 Å². The highest BCUT2D eigenvalue weighted by Gasteiger charge is 2.54. The van der Waals surface area contributed by atoms with Gasteiger partial charge in [-0.15, -0.1) is 16.9 Å². The predicted octanol–water partition coefficient (Wildman–Crippen LogP) is 6.07. The number of alkyl halides is 3. The lowest BCUT2D eigenvalue weighted by Gasteiger charge is -2.35. The summed E-state index contributed by atoms with van der Waals surface area (Å²) in [6, 6.07) is 12.1. The maximum Gasteiger partial charge on any atom is 0.453 e. The summed E-state index contributed by atoms with van der Waals surface area (Å²) in [5, 5.41) is 10.1. The van der Waals surface area contributed by atoms with E-state index >= 15 is 0 Å². The van der Waals surface area contributed by atoms with Crippen molar-refractivity contribution >= 4 is 11.8 Å². The van der Waals surface area contributed by atoms with Gasteiger partial charge in [-0.3, -0.25) is 0 Å². The van der Waals surface area contributed by atoms with Crippen LogP contribution in [0.15, 0.2) is 47.4 Å². The fourth-order valence-electron chi connectivity index (χ4n) is 7.02. The van der Waals surface area contributed by atoms with E-state index in [0.717, 1.165) is 59.6 Å². The number of hydrogen-bond acceptors (Lipinski definition) is 6. The van der Waals surface area contributed by atoms with Crippen molar-refractivity contribution < 1.29 is 22.3 Å². The van der Waals surface area contributed by atoms with Crippen LogP contribution in [0.1, 0.15) is 60.9 Å². The zero-order valence-electron chi connectivity index (χ0n) is 21.7. The molecule has 3 heterocycles. The number of halogens is 4. The van der Waals surface area contributed by atoms with Crippen molar-refractivity contribution in [2.75, 3.05) is 32.5 Å². The van der Waals surface area contributed by atoms with Gasteiger partial charge in [-0.2, -0.15) is 17.9 Å². The van der Waals surface area contributed by atoms with E-state index in [-0.39, 0.29) is 23.3 Å². The molecule has 1 saturated carbocycles. The molecule has 0 bridgehead atoms. The lowest BCUT2D eigenvalue weighted by atomic mass is 9.76. The molecule has 1 aromatic heterocycles. The molecule has 3 aliphatic rings. The predicted molar refractivity (Wildman–Crippen MR) is 140 cm³/mol. The lowest BCUT2D eigenvalue weighted by molar-refractivity contribution is -0.146. The third-order valence-electron chi connectivity index (χ3n) is 8.68. The Kier molecular flexibility index (Phi) is 7.18. The Morgan fingerprint density at radius 3 is 2.59 bits per heavy atom. The highest BCUT2D eigenvalue weighted by Crippen LogP contribution is 2.57. The van der Waals surface area contributed by atoms with Gasteiger partial charge in [0.1, 0.15) is 5.82 Å². The molecule has 1 aliphatic carbocycles. The van der Waals surface area contributed by atoms with Gasteiger partial charge in [0.15, 0.2) is 0 Å². The van der Waals surface area contributed by atoms with E-state index in [1.165, 1.54) is 25.0 Å². The first-order valence-electron chi connectivity index (χ1n) is 13.4. The summed E-state index contributed by atoms with van der Waals surface area (Å²) in [5.41, 5.74) is 1.92. The summed E-state index contributed by atoms with van der Waals surface area (Å²) < 4.78 is 61.9. The van der Waals surface area contributed by atoms with Crippen molar-refractivity contribution in [2.24, 2.45) is 5.92 Å². The number of aromatic nitrogens is 4. The highest BCUT2D eigenvalue weighted by molar-refractivity contribution is 7.98. The molecule has 0 amide bonds. The number of ether oxygens (including phenoxy) is 1. The molecular formula is C28H31F4N5OS. The molecule has 0 radical (unpaired) electrons. The van der Waals surface area contributed by atoms with Crippen LogP contribution in [0.3, 0.4) is 0 Å². The van der Waals surface area contributed by atoms with E-state index in [9.17, 15) is 17.6 Å². The molecule has 6 rings (SSSR count). The third-order valence-corrected chi connectivity index (χ3v) is 9.49. The number of hydrogen-bond donors (Lipinski definition) is 0. The zero-order chi connectivity index (χ0) is 27.2. The minimum Gasteiger partial charge on any atom is -0.374 e. The summed E-state index contributed by atoms with van der Waals surface area (Å²) in [7, 11) is 0.